The average molecular weight is 193 g/mol. The molecule has 2 N–H and O–H groups in total. The van der Waals surface area contributed by atoms with Crippen LogP contribution in [0.1, 0.15) is 32.3 Å². The van der Waals surface area contributed by atoms with Gasteiger partial charge in [-0.15, -0.1) is 0 Å². The maximum absolute atomic E-state index is 9.09. The monoisotopic (exact) mass is 193 g/mol. The van der Waals surface area contributed by atoms with Crippen LogP contribution in [0, 0.1) is 0 Å². The topological polar surface area (TPSA) is 32.3 Å². The second kappa shape index (κ2) is 5.01. The van der Waals surface area contributed by atoms with Crippen LogP contribution >= 0.6 is 0 Å². The fourth-order valence-corrected chi connectivity index (χ4v) is 1.25. The van der Waals surface area contributed by atoms with E-state index in [4.69, 9.17) is 5.11 Å². The van der Waals surface area contributed by atoms with Crippen molar-refractivity contribution >= 4 is 5.69 Å². The van der Waals surface area contributed by atoms with Gasteiger partial charge in [0.2, 0.25) is 0 Å². The Morgan fingerprint density at radius 1 is 1.14 bits per heavy atom. The lowest BCUT2D eigenvalue weighted by Crippen LogP contribution is -2.15. The number of anilines is 1. The molecule has 0 aliphatic carbocycles. The predicted molar refractivity (Wildman–Crippen MR) is 60.7 cm³/mol. The molecule has 0 saturated heterocycles. The van der Waals surface area contributed by atoms with Gasteiger partial charge in [-0.05, 0) is 30.5 Å². The summed E-state index contributed by atoms with van der Waals surface area (Å²) in [7, 11) is 0. The van der Waals surface area contributed by atoms with Crippen molar-refractivity contribution in [1.29, 1.82) is 0 Å². The predicted octanol–water partition coefficient (Wildman–Crippen LogP) is 2.60. The zero-order chi connectivity index (χ0) is 10.6. The Balaban J connectivity index is 2.55. The van der Waals surface area contributed by atoms with Crippen LogP contribution < -0.4 is 5.32 Å². The maximum Gasteiger partial charge on any atom is 0.0684 e. The molecule has 0 amide bonds. The highest BCUT2D eigenvalue weighted by atomic mass is 16.3. The number of aliphatic hydroxyl groups is 1. The van der Waals surface area contributed by atoms with E-state index in [2.05, 4.69) is 43.4 Å². The molecule has 0 radical (unpaired) electrons. The molecule has 0 saturated carbocycles. The summed E-state index contributed by atoms with van der Waals surface area (Å²) in [5.74, 6) is 0.570. The lowest BCUT2D eigenvalue weighted by Gasteiger charge is -2.10. The minimum atomic E-state index is -0.306. The van der Waals surface area contributed by atoms with Crippen LogP contribution in [0.2, 0.25) is 0 Å². The Morgan fingerprint density at radius 2 is 1.71 bits per heavy atom. The minimum absolute atomic E-state index is 0.306. The van der Waals surface area contributed by atoms with Crippen LogP contribution in [-0.2, 0) is 0 Å². The third-order valence-electron chi connectivity index (χ3n) is 2.18. The molecule has 78 valence electrons. The van der Waals surface area contributed by atoms with Crippen molar-refractivity contribution in [3.05, 3.63) is 29.8 Å². The van der Waals surface area contributed by atoms with Gasteiger partial charge in [0, 0.05) is 12.2 Å². The van der Waals surface area contributed by atoms with E-state index in [0.29, 0.717) is 12.5 Å². The SMILES string of the molecule is CC(O)CNc1ccc(C(C)C)cc1. The largest absolute Gasteiger partial charge is 0.392 e. The number of aliphatic hydroxyl groups excluding tert-OH is 1. The standard InChI is InChI=1S/C12H19NO/c1-9(2)11-4-6-12(7-5-11)13-8-10(3)14/h4-7,9-10,13-14H,8H2,1-3H3. The van der Waals surface area contributed by atoms with E-state index in [1.54, 1.807) is 6.92 Å². The highest BCUT2D eigenvalue weighted by molar-refractivity contribution is 5.45. The van der Waals surface area contributed by atoms with E-state index in [-0.39, 0.29) is 6.10 Å². The van der Waals surface area contributed by atoms with Crippen molar-refractivity contribution in [1.82, 2.24) is 0 Å². The first-order valence-corrected chi connectivity index (χ1v) is 5.11. The van der Waals surface area contributed by atoms with Crippen molar-refractivity contribution in [2.45, 2.75) is 32.8 Å². The fraction of sp³-hybridized carbons (Fsp3) is 0.500. The third-order valence-corrected chi connectivity index (χ3v) is 2.18. The molecule has 0 aliphatic rings. The number of hydrogen-bond donors (Lipinski definition) is 2. The summed E-state index contributed by atoms with van der Waals surface area (Å²) >= 11 is 0. The zero-order valence-electron chi connectivity index (χ0n) is 9.12. The van der Waals surface area contributed by atoms with Gasteiger partial charge in [-0.1, -0.05) is 26.0 Å². The highest BCUT2D eigenvalue weighted by Crippen LogP contribution is 2.16. The van der Waals surface area contributed by atoms with Gasteiger partial charge in [0.05, 0.1) is 6.10 Å². The minimum Gasteiger partial charge on any atom is -0.392 e. The number of hydrogen-bond acceptors (Lipinski definition) is 2. The van der Waals surface area contributed by atoms with Crippen LogP contribution in [0.25, 0.3) is 0 Å². The second-order valence-corrected chi connectivity index (χ2v) is 4.01. The van der Waals surface area contributed by atoms with E-state index >= 15 is 0 Å². The molecule has 0 heterocycles. The van der Waals surface area contributed by atoms with Gasteiger partial charge in [-0.25, -0.2) is 0 Å². The molecule has 2 nitrogen and oxygen atoms in total. The first kappa shape index (κ1) is 11.1. The molecule has 1 aromatic rings. The molecule has 1 atom stereocenters. The summed E-state index contributed by atoms with van der Waals surface area (Å²) in [6.07, 6.45) is -0.306. The summed E-state index contributed by atoms with van der Waals surface area (Å²) in [5.41, 5.74) is 2.41. The van der Waals surface area contributed by atoms with Gasteiger partial charge in [0.25, 0.3) is 0 Å². The third kappa shape index (κ3) is 3.38. The molecule has 0 aromatic heterocycles. The smallest absolute Gasteiger partial charge is 0.0684 e. The summed E-state index contributed by atoms with van der Waals surface area (Å²) in [5, 5.41) is 12.3. The molecule has 0 fully saturated rings. The van der Waals surface area contributed by atoms with Crippen LogP contribution in [0.15, 0.2) is 24.3 Å². The van der Waals surface area contributed by atoms with Gasteiger partial charge in [0.15, 0.2) is 0 Å². The first-order valence-electron chi connectivity index (χ1n) is 5.11. The summed E-state index contributed by atoms with van der Waals surface area (Å²) in [6.45, 7) is 6.73. The molecule has 2 heteroatoms. The Morgan fingerprint density at radius 3 is 2.14 bits per heavy atom. The first-order chi connectivity index (χ1) is 6.59. The molecule has 0 aliphatic heterocycles. The van der Waals surface area contributed by atoms with E-state index in [1.807, 2.05) is 0 Å². The molecule has 14 heavy (non-hydrogen) atoms. The van der Waals surface area contributed by atoms with Gasteiger partial charge < -0.3 is 10.4 Å². The van der Waals surface area contributed by atoms with Crippen LogP contribution in [-0.4, -0.2) is 17.8 Å². The van der Waals surface area contributed by atoms with Crippen molar-refractivity contribution in [2.24, 2.45) is 0 Å². The number of benzene rings is 1. The van der Waals surface area contributed by atoms with Gasteiger partial charge in [-0.3, -0.25) is 0 Å². The normalized spacial score (nSPS) is 12.9. The molecular formula is C12H19NO. The molecular weight excluding hydrogens is 174 g/mol. The van der Waals surface area contributed by atoms with Crippen LogP contribution in [0.4, 0.5) is 5.69 Å². The average Bonchev–Trinajstić information content (AvgIpc) is 2.15. The van der Waals surface area contributed by atoms with E-state index in [0.717, 1.165) is 5.69 Å². The van der Waals surface area contributed by atoms with Crippen LogP contribution in [0.3, 0.4) is 0 Å². The number of rotatable bonds is 4. The quantitative estimate of drug-likeness (QED) is 0.770. The lowest BCUT2D eigenvalue weighted by atomic mass is 10.0. The molecule has 0 spiro atoms. The Kier molecular flexibility index (Phi) is 3.96. The van der Waals surface area contributed by atoms with Gasteiger partial charge >= 0.3 is 0 Å². The van der Waals surface area contributed by atoms with Crippen molar-refractivity contribution in [3.8, 4) is 0 Å². The van der Waals surface area contributed by atoms with Crippen molar-refractivity contribution in [3.63, 3.8) is 0 Å². The molecule has 0 bridgehead atoms. The zero-order valence-corrected chi connectivity index (χ0v) is 9.12. The van der Waals surface area contributed by atoms with Crippen molar-refractivity contribution < 1.29 is 5.11 Å². The van der Waals surface area contributed by atoms with Crippen molar-refractivity contribution in [2.75, 3.05) is 11.9 Å². The van der Waals surface area contributed by atoms with Gasteiger partial charge in [0.1, 0.15) is 0 Å². The molecule has 1 aromatic carbocycles. The summed E-state index contributed by atoms with van der Waals surface area (Å²) in [6, 6.07) is 8.35. The molecule has 1 unspecified atom stereocenters. The van der Waals surface area contributed by atoms with E-state index < -0.39 is 0 Å². The maximum atomic E-state index is 9.09. The summed E-state index contributed by atoms with van der Waals surface area (Å²) < 4.78 is 0. The second-order valence-electron chi connectivity index (χ2n) is 4.01. The van der Waals surface area contributed by atoms with E-state index in [9.17, 15) is 0 Å². The summed E-state index contributed by atoms with van der Waals surface area (Å²) in [4.78, 5) is 0. The van der Waals surface area contributed by atoms with E-state index in [1.165, 1.54) is 5.56 Å². The number of nitrogens with one attached hydrogen (secondary N) is 1. The van der Waals surface area contributed by atoms with Gasteiger partial charge in [-0.2, -0.15) is 0 Å². The highest BCUT2D eigenvalue weighted by Gasteiger charge is 1.99. The Labute approximate surface area is 86.0 Å². The van der Waals surface area contributed by atoms with Crippen LogP contribution in [0.5, 0.6) is 0 Å². The fourth-order valence-electron chi connectivity index (χ4n) is 1.25. The molecule has 1 rings (SSSR count). The Hall–Kier alpha value is -1.02. The lowest BCUT2D eigenvalue weighted by molar-refractivity contribution is 0.208. The Bertz CT molecular complexity index is 264.